The summed E-state index contributed by atoms with van der Waals surface area (Å²) >= 11 is 0. The summed E-state index contributed by atoms with van der Waals surface area (Å²) in [5.41, 5.74) is 0. The van der Waals surface area contributed by atoms with Crippen molar-refractivity contribution in [1.29, 1.82) is 0 Å². The van der Waals surface area contributed by atoms with Crippen LogP contribution in [0.5, 0.6) is 0 Å². The van der Waals surface area contributed by atoms with Gasteiger partial charge in [0.25, 0.3) is 10.2 Å². The minimum atomic E-state index is -3.31. The Morgan fingerprint density at radius 2 is 1.70 bits per heavy atom. The zero-order chi connectivity index (χ0) is 14.4. The Labute approximate surface area is 122 Å². The molecule has 1 heterocycles. The highest BCUT2D eigenvalue weighted by atomic mass is 32.2. The minimum absolute atomic E-state index is 0.169. The molecule has 5 nitrogen and oxygen atoms in total. The van der Waals surface area contributed by atoms with Crippen LogP contribution in [-0.2, 0) is 10.2 Å². The van der Waals surface area contributed by atoms with Gasteiger partial charge in [0.2, 0.25) is 0 Å². The maximum absolute atomic E-state index is 12.1. The third-order valence-corrected chi connectivity index (χ3v) is 6.33. The lowest BCUT2D eigenvalue weighted by atomic mass is 10.00. The lowest BCUT2D eigenvalue weighted by Crippen LogP contribution is -2.45. The van der Waals surface area contributed by atoms with Crippen LogP contribution in [0.2, 0.25) is 0 Å². The van der Waals surface area contributed by atoms with Crippen molar-refractivity contribution in [3.63, 3.8) is 0 Å². The van der Waals surface area contributed by atoms with Gasteiger partial charge < -0.3 is 5.11 Å². The molecule has 0 amide bonds. The van der Waals surface area contributed by atoms with Gasteiger partial charge in [-0.3, -0.25) is 0 Å². The molecule has 1 saturated carbocycles. The normalized spacial score (nSPS) is 23.4. The summed E-state index contributed by atoms with van der Waals surface area (Å²) in [6.07, 6.45) is 8.94. The zero-order valence-corrected chi connectivity index (χ0v) is 13.1. The summed E-state index contributed by atoms with van der Waals surface area (Å²) in [5.74, 6) is 1.09. The Hall–Kier alpha value is -0.170. The Bertz CT molecular complexity index is 372. The number of hydrogen-bond acceptors (Lipinski definition) is 3. The van der Waals surface area contributed by atoms with Gasteiger partial charge in [0, 0.05) is 26.2 Å². The highest BCUT2D eigenvalue weighted by molar-refractivity contribution is 7.87. The molecule has 0 radical (unpaired) electrons. The van der Waals surface area contributed by atoms with Crippen molar-refractivity contribution in [2.24, 2.45) is 11.8 Å². The molecule has 2 rings (SSSR count). The molecule has 6 heteroatoms. The summed E-state index contributed by atoms with van der Waals surface area (Å²) in [6, 6.07) is 0. The SMILES string of the molecule is O=S(=O)(NCCCC1CCCC1)N1CCC(CO)CC1. The standard InChI is InChI=1S/C14H28N2O3S/c17-12-14-7-10-16(11-8-14)20(18,19)15-9-3-6-13-4-1-2-5-13/h13-15,17H,1-12H2. The number of aliphatic hydroxyl groups excluding tert-OH is 1. The van der Waals surface area contributed by atoms with E-state index in [-0.39, 0.29) is 12.5 Å². The Balaban J connectivity index is 1.65. The molecule has 0 bridgehead atoms. The number of hydrogen-bond donors (Lipinski definition) is 2. The van der Waals surface area contributed by atoms with E-state index in [0.717, 1.165) is 31.6 Å². The first-order valence-corrected chi connectivity index (χ1v) is 9.41. The first-order valence-electron chi connectivity index (χ1n) is 7.97. The van der Waals surface area contributed by atoms with Gasteiger partial charge in [-0.05, 0) is 37.5 Å². The lowest BCUT2D eigenvalue weighted by molar-refractivity contribution is 0.169. The number of rotatable bonds is 7. The second-order valence-electron chi connectivity index (χ2n) is 6.22. The van der Waals surface area contributed by atoms with Crippen molar-refractivity contribution in [3.05, 3.63) is 0 Å². The predicted molar refractivity (Wildman–Crippen MR) is 79.5 cm³/mol. The molecule has 0 aromatic heterocycles. The molecule has 118 valence electrons. The second kappa shape index (κ2) is 7.73. The molecule has 1 aliphatic heterocycles. The Kier molecular flexibility index (Phi) is 6.26. The highest BCUT2D eigenvalue weighted by Gasteiger charge is 2.27. The van der Waals surface area contributed by atoms with Gasteiger partial charge in [-0.25, -0.2) is 4.72 Å². The van der Waals surface area contributed by atoms with Crippen LogP contribution in [-0.4, -0.2) is 44.1 Å². The molecule has 2 N–H and O–H groups in total. The van der Waals surface area contributed by atoms with Gasteiger partial charge in [-0.2, -0.15) is 12.7 Å². The van der Waals surface area contributed by atoms with Crippen LogP contribution in [0.4, 0.5) is 0 Å². The summed E-state index contributed by atoms with van der Waals surface area (Å²) in [7, 11) is -3.31. The third kappa shape index (κ3) is 4.69. The lowest BCUT2D eigenvalue weighted by Gasteiger charge is -2.30. The number of aliphatic hydroxyl groups is 1. The molecule has 2 fully saturated rings. The monoisotopic (exact) mass is 304 g/mol. The van der Waals surface area contributed by atoms with E-state index in [1.165, 1.54) is 30.0 Å². The van der Waals surface area contributed by atoms with Gasteiger partial charge >= 0.3 is 0 Å². The second-order valence-corrected chi connectivity index (χ2v) is 7.97. The molecule has 0 unspecified atom stereocenters. The van der Waals surface area contributed by atoms with Crippen molar-refractivity contribution >= 4 is 10.2 Å². The average molecular weight is 304 g/mol. The molecule has 20 heavy (non-hydrogen) atoms. The quantitative estimate of drug-likeness (QED) is 0.700. The van der Waals surface area contributed by atoms with Crippen LogP contribution < -0.4 is 4.72 Å². The van der Waals surface area contributed by atoms with Crippen LogP contribution in [0.15, 0.2) is 0 Å². The van der Waals surface area contributed by atoms with Crippen molar-refractivity contribution in [2.75, 3.05) is 26.2 Å². The molecule has 0 spiro atoms. The molecule has 1 aliphatic carbocycles. The van der Waals surface area contributed by atoms with E-state index >= 15 is 0 Å². The summed E-state index contributed by atoms with van der Waals surface area (Å²) in [4.78, 5) is 0. The number of piperidine rings is 1. The van der Waals surface area contributed by atoms with Crippen LogP contribution in [0.25, 0.3) is 0 Å². The van der Waals surface area contributed by atoms with E-state index in [4.69, 9.17) is 5.11 Å². The zero-order valence-electron chi connectivity index (χ0n) is 12.3. The first kappa shape index (κ1) is 16.2. The van der Waals surface area contributed by atoms with Crippen molar-refractivity contribution in [2.45, 2.75) is 51.4 Å². The van der Waals surface area contributed by atoms with Crippen LogP contribution in [0, 0.1) is 11.8 Å². The summed E-state index contributed by atoms with van der Waals surface area (Å²) < 4.78 is 28.5. The molecule has 1 saturated heterocycles. The van der Waals surface area contributed by atoms with Crippen LogP contribution in [0.3, 0.4) is 0 Å². The van der Waals surface area contributed by atoms with Crippen molar-refractivity contribution in [3.8, 4) is 0 Å². The third-order valence-electron chi connectivity index (χ3n) is 4.72. The Morgan fingerprint density at radius 1 is 1.05 bits per heavy atom. The van der Waals surface area contributed by atoms with Crippen LogP contribution >= 0.6 is 0 Å². The summed E-state index contributed by atoms with van der Waals surface area (Å²) in [5, 5.41) is 9.07. The molecule has 0 atom stereocenters. The Morgan fingerprint density at radius 3 is 2.30 bits per heavy atom. The topological polar surface area (TPSA) is 69.6 Å². The number of nitrogens with zero attached hydrogens (tertiary/aromatic N) is 1. The number of nitrogens with one attached hydrogen (secondary N) is 1. The fraction of sp³-hybridized carbons (Fsp3) is 1.00. The molecule has 2 aliphatic rings. The summed E-state index contributed by atoms with van der Waals surface area (Å²) in [6.45, 7) is 1.79. The van der Waals surface area contributed by atoms with E-state index in [0.29, 0.717) is 19.6 Å². The van der Waals surface area contributed by atoms with Crippen molar-refractivity contribution in [1.82, 2.24) is 9.03 Å². The van der Waals surface area contributed by atoms with E-state index in [1.54, 1.807) is 0 Å². The fourth-order valence-electron chi connectivity index (χ4n) is 3.31. The van der Waals surface area contributed by atoms with E-state index in [2.05, 4.69) is 4.72 Å². The predicted octanol–water partition coefficient (Wildman–Crippen LogP) is 1.50. The molecular formula is C14H28N2O3S. The van der Waals surface area contributed by atoms with E-state index in [9.17, 15) is 8.42 Å². The van der Waals surface area contributed by atoms with Gasteiger partial charge in [-0.15, -0.1) is 0 Å². The van der Waals surface area contributed by atoms with Gasteiger partial charge in [0.1, 0.15) is 0 Å². The van der Waals surface area contributed by atoms with Crippen molar-refractivity contribution < 1.29 is 13.5 Å². The van der Waals surface area contributed by atoms with Gasteiger partial charge in [0.05, 0.1) is 0 Å². The molecular weight excluding hydrogens is 276 g/mol. The molecule has 0 aromatic carbocycles. The maximum atomic E-state index is 12.1. The highest BCUT2D eigenvalue weighted by Crippen LogP contribution is 2.28. The van der Waals surface area contributed by atoms with E-state index in [1.807, 2.05) is 0 Å². The maximum Gasteiger partial charge on any atom is 0.279 e. The van der Waals surface area contributed by atoms with Gasteiger partial charge in [0.15, 0.2) is 0 Å². The van der Waals surface area contributed by atoms with Gasteiger partial charge in [-0.1, -0.05) is 25.7 Å². The average Bonchev–Trinajstić information content (AvgIpc) is 2.97. The smallest absolute Gasteiger partial charge is 0.279 e. The minimum Gasteiger partial charge on any atom is -0.396 e. The molecule has 0 aromatic rings. The first-order chi connectivity index (χ1) is 9.62. The van der Waals surface area contributed by atoms with E-state index < -0.39 is 10.2 Å². The fourth-order valence-corrected chi connectivity index (χ4v) is 4.59. The largest absolute Gasteiger partial charge is 0.396 e. The van der Waals surface area contributed by atoms with Crippen LogP contribution in [0.1, 0.15) is 51.4 Å².